The van der Waals surface area contributed by atoms with E-state index in [1.165, 1.54) is 212 Å². The van der Waals surface area contributed by atoms with Gasteiger partial charge in [0.2, 0.25) is 5.91 Å². The summed E-state index contributed by atoms with van der Waals surface area (Å²) in [5.74, 6) is -1.44. The molecule has 4 N–H and O–H groups in total. The third-order valence-corrected chi connectivity index (χ3v) is 12.9. The first-order valence-corrected chi connectivity index (χ1v) is 26.9. The van der Waals surface area contributed by atoms with Gasteiger partial charge < -0.3 is 15.5 Å². The molecule has 0 fully saturated rings. The van der Waals surface area contributed by atoms with Crippen LogP contribution < -0.4 is 5.32 Å². The Bertz CT molecular complexity index is 931. The summed E-state index contributed by atoms with van der Waals surface area (Å²) in [5.41, 5.74) is 0. The molecule has 0 aromatic rings. The van der Waals surface area contributed by atoms with Crippen molar-refractivity contribution in [2.75, 3.05) is 5.75 Å². The van der Waals surface area contributed by atoms with Gasteiger partial charge in [0.25, 0.3) is 10.1 Å². The van der Waals surface area contributed by atoms with Crippen molar-refractivity contribution >= 4 is 16.0 Å². The lowest BCUT2D eigenvalue weighted by molar-refractivity contribution is -0.131. The molecule has 342 valence electrons. The van der Waals surface area contributed by atoms with Gasteiger partial charge in [0.1, 0.15) is 6.10 Å². The van der Waals surface area contributed by atoms with E-state index in [1.807, 2.05) is 0 Å². The molecule has 0 saturated heterocycles. The number of carbonyl (C=O) groups is 1. The highest BCUT2D eigenvalue weighted by atomic mass is 32.2. The Kier molecular flexibility index (Phi) is 42.9. The summed E-state index contributed by atoms with van der Waals surface area (Å²) in [6.07, 6.45) is 49.9. The second kappa shape index (κ2) is 43.4. The molecule has 3 atom stereocenters. The molecule has 7 nitrogen and oxygen atoms in total. The van der Waals surface area contributed by atoms with Crippen molar-refractivity contribution < 1.29 is 28.0 Å². The molecular weight excluding hydrogens is 731 g/mol. The van der Waals surface area contributed by atoms with Crippen LogP contribution >= 0.6 is 0 Å². The zero-order valence-corrected chi connectivity index (χ0v) is 38.9. The molecule has 0 saturated carbocycles. The Labute approximate surface area is 355 Å². The molecule has 0 radical (unpaired) electrons. The van der Waals surface area contributed by atoms with Gasteiger partial charge in [-0.05, 0) is 12.8 Å². The molecule has 0 spiro atoms. The van der Waals surface area contributed by atoms with Crippen molar-refractivity contribution in [1.82, 2.24) is 5.32 Å². The van der Waals surface area contributed by atoms with Gasteiger partial charge in [0, 0.05) is 0 Å². The smallest absolute Gasteiger partial charge is 0.266 e. The molecule has 0 rings (SSSR count). The highest BCUT2D eigenvalue weighted by Crippen LogP contribution is 2.18. The quantitative estimate of drug-likeness (QED) is 0.0358. The molecular formula is C49H99NO6S. The lowest BCUT2D eigenvalue weighted by Gasteiger charge is -2.24. The van der Waals surface area contributed by atoms with Crippen LogP contribution in [0.15, 0.2) is 0 Å². The molecule has 0 bridgehead atoms. The number of rotatable bonds is 47. The Balaban J connectivity index is 3.81. The minimum atomic E-state index is -4.41. The second-order valence-corrected chi connectivity index (χ2v) is 19.5. The van der Waals surface area contributed by atoms with Crippen molar-refractivity contribution in [3.05, 3.63) is 0 Å². The predicted octanol–water partition coefficient (Wildman–Crippen LogP) is 14.5. The fraction of sp³-hybridized carbons (Fsp3) is 0.980. The van der Waals surface area contributed by atoms with Crippen LogP contribution in [0, 0.1) is 0 Å². The van der Waals surface area contributed by atoms with Gasteiger partial charge >= 0.3 is 0 Å². The van der Waals surface area contributed by atoms with Gasteiger partial charge in [-0.3, -0.25) is 9.35 Å². The number of amides is 1. The number of aliphatic hydroxyl groups excluding tert-OH is 2. The van der Waals surface area contributed by atoms with Gasteiger partial charge in [0.15, 0.2) is 0 Å². The molecule has 8 heteroatoms. The van der Waals surface area contributed by atoms with Crippen molar-refractivity contribution in [1.29, 1.82) is 0 Å². The van der Waals surface area contributed by atoms with Crippen LogP contribution in [0.3, 0.4) is 0 Å². The first kappa shape index (κ1) is 56.3. The standard InChI is InChI=1S/C49H99NO6S/c1-3-5-7-9-11-13-15-17-19-21-23-24-25-26-28-30-32-34-36-38-40-42-44-48(52)49(53)50-46(45-57(54,55)56)47(51)43-41-39-37-35-33-31-29-27-22-20-18-16-14-12-10-8-6-4-2/h46-48,51-52H,3-45H2,1-2H3,(H,50,53)(H,54,55,56). The maximum Gasteiger partial charge on any atom is 0.266 e. The Morgan fingerprint density at radius 2 is 0.632 bits per heavy atom. The van der Waals surface area contributed by atoms with Gasteiger partial charge in [-0.25, -0.2) is 0 Å². The van der Waals surface area contributed by atoms with Gasteiger partial charge in [-0.1, -0.05) is 271 Å². The minimum Gasteiger partial charge on any atom is -0.391 e. The van der Waals surface area contributed by atoms with E-state index in [1.54, 1.807) is 0 Å². The lowest BCUT2D eigenvalue weighted by Crippen LogP contribution is -2.50. The van der Waals surface area contributed by atoms with E-state index < -0.39 is 40.0 Å². The largest absolute Gasteiger partial charge is 0.391 e. The molecule has 0 aliphatic carbocycles. The van der Waals surface area contributed by atoms with Crippen LogP contribution in [0.1, 0.15) is 284 Å². The summed E-state index contributed by atoms with van der Waals surface area (Å²) < 4.78 is 32.8. The fourth-order valence-electron chi connectivity index (χ4n) is 8.29. The van der Waals surface area contributed by atoms with Crippen LogP contribution in [0.25, 0.3) is 0 Å². The number of hydrogen-bond donors (Lipinski definition) is 4. The number of aliphatic hydroxyl groups is 2. The molecule has 0 aliphatic rings. The van der Waals surface area contributed by atoms with Crippen LogP contribution in [-0.2, 0) is 14.9 Å². The summed E-state index contributed by atoms with van der Waals surface area (Å²) in [6.45, 7) is 4.55. The highest BCUT2D eigenvalue weighted by Gasteiger charge is 2.28. The third kappa shape index (κ3) is 43.2. The normalized spacial score (nSPS) is 13.6. The lowest BCUT2D eigenvalue weighted by atomic mass is 10.0. The molecule has 57 heavy (non-hydrogen) atoms. The van der Waals surface area contributed by atoms with E-state index in [9.17, 15) is 28.0 Å². The van der Waals surface area contributed by atoms with Crippen molar-refractivity contribution in [3.63, 3.8) is 0 Å². The predicted molar refractivity (Wildman–Crippen MR) is 246 cm³/mol. The molecule has 3 unspecified atom stereocenters. The Morgan fingerprint density at radius 3 is 0.877 bits per heavy atom. The molecule has 0 aliphatic heterocycles. The highest BCUT2D eigenvalue weighted by molar-refractivity contribution is 7.85. The third-order valence-electron chi connectivity index (χ3n) is 12.2. The first-order chi connectivity index (χ1) is 27.7. The van der Waals surface area contributed by atoms with Gasteiger partial charge in [0.05, 0.1) is 17.9 Å². The number of carbonyl (C=O) groups excluding carboxylic acids is 1. The van der Waals surface area contributed by atoms with Gasteiger partial charge in [-0.15, -0.1) is 0 Å². The fourth-order valence-corrected chi connectivity index (χ4v) is 9.05. The van der Waals surface area contributed by atoms with E-state index in [2.05, 4.69) is 19.2 Å². The SMILES string of the molecule is CCCCCCCCCCCCCCCCCCCCCCCCC(O)C(=O)NC(CS(=O)(=O)O)C(O)CCCCCCCCCCCCCCCCCCCC. The summed E-state index contributed by atoms with van der Waals surface area (Å²) in [7, 11) is -4.41. The van der Waals surface area contributed by atoms with E-state index in [4.69, 9.17) is 0 Å². The average molecular weight is 830 g/mol. The monoisotopic (exact) mass is 830 g/mol. The Hall–Kier alpha value is -0.700. The second-order valence-electron chi connectivity index (χ2n) is 18.0. The van der Waals surface area contributed by atoms with Crippen molar-refractivity contribution in [3.8, 4) is 0 Å². The molecule has 0 aromatic carbocycles. The van der Waals surface area contributed by atoms with E-state index in [0.717, 1.165) is 44.9 Å². The zero-order valence-electron chi connectivity index (χ0n) is 38.1. The average Bonchev–Trinajstić information content (AvgIpc) is 3.18. The van der Waals surface area contributed by atoms with Crippen molar-refractivity contribution in [2.45, 2.75) is 302 Å². The van der Waals surface area contributed by atoms with Crippen LogP contribution in [0.5, 0.6) is 0 Å². The minimum absolute atomic E-state index is 0.304. The number of nitrogens with one attached hydrogen (secondary N) is 1. The zero-order chi connectivity index (χ0) is 41.9. The Morgan fingerprint density at radius 1 is 0.404 bits per heavy atom. The first-order valence-electron chi connectivity index (χ1n) is 25.3. The van der Waals surface area contributed by atoms with Gasteiger partial charge in [-0.2, -0.15) is 8.42 Å². The number of unbranched alkanes of at least 4 members (excludes halogenated alkanes) is 38. The maximum atomic E-state index is 12.7. The molecule has 0 heterocycles. The van der Waals surface area contributed by atoms with Crippen LogP contribution in [0.4, 0.5) is 0 Å². The van der Waals surface area contributed by atoms with E-state index >= 15 is 0 Å². The van der Waals surface area contributed by atoms with Crippen LogP contribution in [0.2, 0.25) is 0 Å². The summed E-state index contributed by atoms with van der Waals surface area (Å²) in [4.78, 5) is 12.7. The van der Waals surface area contributed by atoms with E-state index in [0.29, 0.717) is 12.8 Å². The summed E-state index contributed by atoms with van der Waals surface area (Å²) >= 11 is 0. The topological polar surface area (TPSA) is 124 Å². The maximum absolute atomic E-state index is 12.7. The van der Waals surface area contributed by atoms with Crippen LogP contribution in [-0.4, -0.2) is 53.1 Å². The number of hydrogen-bond acceptors (Lipinski definition) is 5. The van der Waals surface area contributed by atoms with Crippen molar-refractivity contribution in [2.24, 2.45) is 0 Å². The summed E-state index contributed by atoms with van der Waals surface area (Å²) in [5, 5.41) is 23.7. The van der Waals surface area contributed by atoms with E-state index in [-0.39, 0.29) is 0 Å². The summed E-state index contributed by atoms with van der Waals surface area (Å²) in [6, 6.07) is -1.14. The molecule has 1 amide bonds. The molecule has 0 aromatic heterocycles.